The first-order valence-electron chi connectivity index (χ1n) is 4.83. The molecule has 2 aromatic heterocycles. The summed E-state index contributed by atoms with van der Waals surface area (Å²) in [6.07, 6.45) is 2.82. The molecule has 2 heterocycles. The van der Waals surface area contributed by atoms with E-state index in [2.05, 4.69) is 16.9 Å². The average molecular weight is 278 g/mol. The van der Waals surface area contributed by atoms with Crippen LogP contribution in [0.4, 0.5) is 0 Å². The molecular weight excluding hydrogens is 268 g/mol. The minimum atomic E-state index is 0.142. The van der Waals surface area contributed by atoms with Gasteiger partial charge in [-0.1, -0.05) is 18.5 Å². The van der Waals surface area contributed by atoms with Gasteiger partial charge in [0.05, 0.1) is 5.39 Å². The highest BCUT2D eigenvalue weighted by molar-refractivity contribution is 6.36. The third kappa shape index (κ3) is 2.21. The molecule has 84 valence electrons. The number of fused-ring (bicyclic) bond motifs is 1. The van der Waals surface area contributed by atoms with Gasteiger partial charge in [0.1, 0.15) is 17.2 Å². The van der Waals surface area contributed by atoms with Crippen LogP contribution in [0, 0.1) is 0 Å². The van der Waals surface area contributed by atoms with Crippen LogP contribution in [-0.2, 0) is 6.54 Å². The van der Waals surface area contributed by atoms with Crippen LogP contribution in [0.3, 0.4) is 0 Å². The first-order valence-corrected chi connectivity index (χ1v) is 5.97. The summed E-state index contributed by atoms with van der Waals surface area (Å²) in [7, 11) is 0. The molecule has 0 aromatic carbocycles. The van der Waals surface area contributed by atoms with E-state index in [4.69, 9.17) is 34.8 Å². The zero-order valence-corrected chi connectivity index (χ0v) is 10.8. The molecule has 3 nitrogen and oxygen atoms in total. The summed E-state index contributed by atoms with van der Waals surface area (Å²) in [5.41, 5.74) is 0.697. The van der Waals surface area contributed by atoms with Crippen molar-refractivity contribution in [2.45, 2.75) is 19.9 Å². The van der Waals surface area contributed by atoms with Crippen LogP contribution in [0.5, 0.6) is 0 Å². The lowest BCUT2D eigenvalue weighted by Crippen LogP contribution is -2.34. The second kappa shape index (κ2) is 4.70. The molecule has 0 bridgehead atoms. The Hall–Kier alpha value is -0.640. The molecule has 0 fully saturated rings. The first kappa shape index (κ1) is 11.8. The topological polar surface area (TPSA) is 29.7 Å². The van der Waals surface area contributed by atoms with Crippen LogP contribution in [0.2, 0.25) is 15.6 Å². The highest BCUT2D eigenvalue weighted by atomic mass is 35.5. The molecule has 0 atom stereocenters. The van der Waals surface area contributed by atoms with Gasteiger partial charge in [0.15, 0.2) is 6.20 Å². The maximum absolute atomic E-state index is 6.11. The zero-order valence-electron chi connectivity index (χ0n) is 8.54. The maximum Gasteiger partial charge on any atom is 0.275 e. The Morgan fingerprint density at radius 3 is 2.69 bits per heavy atom. The fourth-order valence-electron chi connectivity index (χ4n) is 1.49. The Morgan fingerprint density at radius 2 is 2.00 bits per heavy atom. The van der Waals surface area contributed by atoms with Crippen LogP contribution in [-0.4, -0.2) is 9.97 Å². The number of pyridine rings is 1. The number of aromatic nitrogens is 3. The van der Waals surface area contributed by atoms with Gasteiger partial charge in [0, 0.05) is 12.5 Å². The molecule has 0 aliphatic heterocycles. The normalized spacial score (nSPS) is 11.0. The minimum absolute atomic E-state index is 0.142. The van der Waals surface area contributed by atoms with Crippen LogP contribution < -0.4 is 4.57 Å². The van der Waals surface area contributed by atoms with Gasteiger partial charge in [-0.2, -0.15) is 4.57 Å². The van der Waals surface area contributed by atoms with E-state index in [0.29, 0.717) is 21.2 Å². The van der Waals surface area contributed by atoms with E-state index in [1.54, 1.807) is 6.07 Å². The van der Waals surface area contributed by atoms with Gasteiger partial charge in [-0.3, -0.25) is 0 Å². The van der Waals surface area contributed by atoms with E-state index in [1.807, 2.05) is 10.8 Å². The van der Waals surface area contributed by atoms with Crippen molar-refractivity contribution in [2.75, 3.05) is 0 Å². The molecular formula is C10H9Cl3N3+. The highest BCUT2D eigenvalue weighted by Gasteiger charge is 2.14. The van der Waals surface area contributed by atoms with Gasteiger partial charge in [0.2, 0.25) is 5.28 Å². The number of nitrogens with zero attached hydrogens (tertiary/aromatic N) is 3. The lowest BCUT2D eigenvalue weighted by Gasteiger charge is -2.01. The monoisotopic (exact) mass is 276 g/mol. The van der Waals surface area contributed by atoms with E-state index in [1.165, 1.54) is 0 Å². The van der Waals surface area contributed by atoms with Crippen molar-refractivity contribution in [3.63, 3.8) is 0 Å². The summed E-state index contributed by atoms with van der Waals surface area (Å²) < 4.78 is 1.91. The lowest BCUT2D eigenvalue weighted by molar-refractivity contribution is -0.693. The number of halogens is 3. The van der Waals surface area contributed by atoms with Gasteiger partial charge in [-0.05, 0) is 23.2 Å². The van der Waals surface area contributed by atoms with Crippen LogP contribution in [0.15, 0.2) is 12.3 Å². The molecule has 0 aliphatic carbocycles. The van der Waals surface area contributed by atoms with Crippen molar-refractivity contribution in [3.8, 4) is 0 Å². The molecule has 0 unspecified atom stereocenters. The summed E-state index contributed by atoms with van der Waals surface area (Å²) >= 11 is 17.8. The second-order valence-corrected chi connectivity index (χ2v) is 4.46. The molecule has 16 heavy (non-hydrogen) atoms. The summed E-state index contributed by atoms with van der Waals surface area (Å²) in [6, 6.07) is 1.76. The fourth-order valence-corrected chi connectivity index (χ4v) is 2.18. The predicted octanol–water partition coefficient (Wildman–Crippen LogP) is 3.29. The van der Waals surface area contributed by atoms with E-state index in [-0.39, 0.29) is 5.28 Å². The smallest absolute Gasteiger partial charge is 0.211 e. The van der Waals surface area contributed by atoms with Crippen LogP contribution in [0.1, 0.15) is 13.3 Å². The lowest BCUT2D eigenvalue weighted by atomic mass is 10.3. The third-order valence-corrected chi connectivity index (χ3v) is 2.97. The summed E-state index contributed by atoms with van der Waals surface area (Å²) in [4.78, 5) is 7.98. The molecule has 2 aromatic rings. The second-order valence-electron chi connectivity index (χ2n) is 3.37. The van der Waals surface area contributed by atoms with E-state index < -0.39 is 0 Å². The summed E-state index contributed by atoms with van der Waals surface area (Å²) in [6.45, 7) is 2.90. The standard InChI is InChI=1S/C10H9Cl3N3/c1-2-3-16-5-7-6(4-8(16)11)9(12)15-10(13)14-7/h4-5H,2-3H2,1H3/q+1. The highest BCUT2D eigenvalue weighted by Crippen LogP contribution is 2.22. The van der Waals surface area contributed by atoms with Gasteiger partial charge in [0.25, 0.3) is 5.15 Å². The van der Waals surface area contributed by atoms with E-state index in [9.17, 15) is 0 Å². The van der Waals surface area contributed by atoms with Crippen molar-refractivity contribution < 1.29 is 4.57 Å². The molecule has 0 N–H and O–H groups in total. The zero-order chi connectivity index (χ0) is 11.7. The summed E-state index contributed by atoms with van der Waals surface area (Å²) in [5.74, 6) is 0. The molecule has 0 saturated heterocycles. The molecule has 0 saturated carbocycles. The van der Waals surface area contributed by atoms with Crippen molar-refractivity contribution >= 4 is 45.7 Å². The van der Waals surface area contributed by atoms with Gasteiger partial charge < -0.3 is 0 Å². The number of rotatable bonds is 2. The molecule has 2 rings (SSSR count). The van der Waals surface area contributed by atoms with Crippen molar-refractivity contribution in [2.24, 2.45) is 0 Å². The van der Waals surface area contributed by atoms with Gasteiger partial charge >= 0.3 is 0 Å². The van der Waals surface area contributed by atoms with Crippen LogP contribution in [0.25, 0.3) is 10.9 Å². The van der Waals surface area contributed by atoms with Crippen molar-refractivity contribution in [1.82, 2.24) is 9.97 Å². The SMILES string of the molecule is CCC[n+]1cc2nc(Cl)nc(Cl)c2cc1Cl. The van der Waals surface area contributed by atoms with E-state index >= 15 is 0 Å². The summed E-state index contributed by atoms with van der Waals surface area (Å²) in [5, 5.41) is 1.79. The number of hydrogen-bond acceptors (Lipinski definition) is 2. The Balaban J connectivity index is 2.69. The Kier molecular flexibility index (Phi) is 3.47. The minimum Gasteiger partial charge on any atom is -0.211 e. The molecule has 6 heteroatoms. The third-order valence-electron chi connectivity index (χ3n) is 2.18. The molecule has 0 amide bonds. The Labute approximate surface area is 108 Å². The molecule has 0 aliphatic rings. The molecule has 0 spiro atoms. The fraction of sp³-hybridized carbons (Fsp3) is 0.300. The van der Waals surface area contributed by atoms with Gasteiger partial charge in [-0.25, -0.2) is 9.97 Å². The van der Waals surface area contributed by atoms with E-state index in [0.717, 1.165) is 13.0 Å². The van der Waals surface area contributed by atoms with Crippen molar-refractivity contribution in [1.29, 1.82) is 0 Å². The van der Waals surface area contributed by atoms with Gasteiger partial charge in [-0.15, -0.1) is 0 Å². The Bertz CT molecular complexity index is 542. The molecule has 0 radical (unpaired) electrons. The first-order chi connectivity index (χ1) is 7.61. The predicted molar refractivity (Wildman–Crippen MR) is 65.1 cm³/mol. The van der Waals surface area contributed by atoms with Crippen molar-refractivity contribution in [3.05, 3.63) is 27.9 Å². The quantitative estimate of drug-likeness (QED) is 0.365. The Morgan fingerprint density at radius 1 is 1.25 bits per heavy atom. The maximum atomic E-state index is 6.11. The largest absolute Gasteiger partial charge is 0.275 e. The number of hydrogen-bond donors (Lipinski definition) is 0. The number of aryl methyl sites for hydroxylation is 1. The van der Waals surface area contributed by atoms with Crippen LogP contribution >= 0.6 is 34.8 Å². The average Bonchev–Trinajstić information content (AvgIpc) is 2.21.